The van der Waals surface area contributed by atoms with Gasteiger partial charge in [-0.15, -0.1) is 0 Å². The molecule has 1 aromatic rings. The number of carbonyl (C=O) groups is 1. The van der Waals surface area contributed by atoms with Crippen molar-refractivity contribution >= 4 is 6.03 Å². The van der Waals surface area contributed by atoms with Gasteiger partial charge in [0.15, 0.2) is 0 Å². The first kappa shape index (κ1) is 13.9. The summed E-state index contributed by atoms with van der Waals surface area (Å²) in [6.45, 7) is 5.66. The quantitative estimate of drug-likeness (QED) is 0.812. The van der Waals surface area contributed by atoms with Crippen LogP contribution in [0.3, 0.4) is 0 Å². The molecular weight excluding hydrogens is 244 g/mol. The van der Waals surface area contributed by atoms with Crippen LogP contribution in [0.4, 0.5) is 4.79 Å². The van der Waals surface area contributed by atoms with Crippen molar-refractivity contribution in [3.63, 3.8) is 0 Å². The van der Waals surface area contributed by atoms with Gasteiger partial charge >= 0.3 is 6.03 Å². The smallest absolute Gasteiger partial charge is 0.317 e. The van der Waals surface area contributed by atoms with Gasteiger partial charge in [0, 0.05) is 38.6 Å². The Bertz CT molecular complexity index is 380. The Hall–Kier alpha value is -1.56. The third kappa shape index (κ3) is 4.24. The normalized spacial score (nSPS) is 19.4. The van der Waals surface area contributed by atoms with Crippen LogP contribution in [0.1, 0.15) is 19.8 Å². The predicted octanol–water partition coefficient (Wildman–Crippen LogP) is 1.09. The minimum atomic E-state index is 0.0207. The van der Waals surface area contributed by atoms with Gasteiger partial charge in [-0.3, -0.25) is 0 Å². The molecule has 6 heteroatoms. The maximum absolute atomic E-state index is 12.0. The van der Waals surface area contributed by atoms with Crippen molar-refractivity contribution in [3.05, 3.63) is 18.7 Å². The van der Waals surface area contributed by atoms with E-state index in [0.29, 0.717) is 26.2 Å². The lowest BCUT2D eigenvalue weighted by molar-refractivity contribution is -0.0153. The predicted molar refractivity (Wildman–Crippen MR) is 71.8 cm³/mol. The lowest BCUT2D eigenvalue weighted by Crippen LogP contribution is -2.49. The minimum Gasteiger partial charge on any atom is -0.375 e. The van der Waals surface area contributed by atoms with E-state index in [1.54, 1.807) is 12.5 Å². The van der Waals surface area contributed by atoms with E-state index in [1.807, 2.05) is 15.7 Å². The largest absolute Gasteiger partial charge is 0.375 e. The number of amides is 2. The van der Waals surface area contributed by atoms with Crippen molar-refractivity contribution in [1.29, 1.82) is 0 Å². The van der Waals surface area contributed by atoms with Crippen LogP contribution in [0.25, 0.3) is 0 Å². The zero-order valence-electron chi connectivity index (χ0n) is 11.4. The molecule has 1 saturated heterocycles. The molecule has 2 amide bonds. The summed E-state index contributed by atoms with van der Waals surface area (Å²) in [6, 6.07) is 0.0207. The van der Waals surface area contributed by atoms with Gasteiger partial charge in [0.25, 0.3) is 0 Å². The van der Waals surface area contributed by atoms with E-state index in [0.717, 1.165) is 19.4 Å². The van der Waals surface area contributed by atoms with Crippen LogP contribution in [-0.2, 0) is 11.3 Å². The van der Waals surface area contributed by atoms with Crippen molar-refractivity contribution < 1.29 is 9.53 Å². The molecule has 1 aliphatic rings. The summed E-state index contributed by atoms with van der Waals surface area (Å²) in [5, 5.41) is 2.96. The summed E-state index contributed by atoms with van der Waals surface area (Å²) < 4.78 is 7.56. The average molecular weight is 266 g/mol. The number of urea groups is 1. The van der Waals surface area contributed by atoms with Crippen LogP contribution in [0.5, 0.6) is 0 Å². The second kappa shape index (κ2) is 7.13. The lowest BCUT2D eigenvalue weighted by atomic mass is 10.2. The summed E-state index contributed by atoms with van der Waals surface area (Å²) in [7, 11) is 0. The molecule has 0 aromatic carbocycles. The number of rotatable bonds is 5. The van der Waals surface area contributed by atoms with Crippen molar-refractivity contribution in [2.75, 3.05) is 26.2 Å². The molecule has 106 valence electrons. The Kier molecular flexibility index (Phi) is 5.20. The minimum absolute atomic E-state index is 0.0207. The molecule has 0 radical (unpaired) electrons. The number of imidazole rings is 1. The van der Waals surface area contributed by atoms with E-state index in [4.69, 9.17) is 4.74 Å². The van der Waals surface area contributed by atoms with Gasteiger partial charge in [0.05, 0.1) is 19.0 Å². The standard InChI is InChI=1S/C13H22N4O2/c1-2-12-10-17(8-9-19-12)13(18)15-4-3-6-16-7-5-14-11-16/h5,7,11-12H,2-4,6,8-10H2,1H3,(H,15,18)/t12-/m1/s1. The number of aromatic nitrogens is 2. The molecule has 1 N–H and O–H groups in total. The van der Waals surface area contributed by atoms with Gasteiger partial charge in [-0.1, -0.05) is 6.92 Å². The summed E-state index contributed by atoms with van der Waals surface area (Å²) in [6.07, 6.45) is 7.52. The number of aryl methyl sites for hydroxylation is 1. The maximum Gasteiger partial charge on any atom is 0.317 e. The van der Waals surface area contributed by atoms with Crippen LogP contribution in [0.2, 0.25) is 0 Å². The first-order valence-corrected chi connectivity index (χ1v) is 6.89. The Labute approximate surface area is 113 Å². The number of morpholine rings is 1. The van der Waals surface area contributed by atoms with Crippen LogP contribution < -0.4 is 5.32 Å². The third-order valence-electron chi connectivity index (χ3n) is 3.31. The molecule has 1 aromatic heterocycles. The highest BCUT2D eigenvalue weighted by atomic mass is 16.5. The summed E-state index contributed by atoms with van der Waals surface area (Å²) in [4.78, 5) is 17.8. The highest BCUT2D eigenvalue weighted by Gasteiger charge is 2.22. The Morgan fingerprint density at radius 3 is 3.21 bits per heavy atom. The summed E-state index contributed by atoms with van der Waals surface area (Å²) >= 11 is 0. The summed E-state index contributed by atoms with van der Waals surface area (Å²) in [5.74, 6) is 0. The van der Waals surface area contributed by atoms with Gasteiger partial charge in [-0.25, -0.2) is 9.78 Å². The molecule has 1 fully saturated rings. The van der Waals surface area contributed by atoms with Crippen molar-refractivity contribution in [2.45, 2.75) is 32.4 Å². The van der Waals surface area contributed by atoms with E-state index >= 15 is 0 Å². The van der Waals surface area contributed by atoms with E-state index in [2.05, 4.69) is 17.2 Å². The Morgan fingerprint density at radius 2 is 2.47 bits per heavy atom. The maximum atomic E-state index is 12.0. The molecule has 1 atom stereocenters. The van der Waals surface area contributed by atoms with Crippen molar-refractivity contribution in [3.8, 4) is 0 Å². The highest BCUT2D eigenvalue weighted by molar-refractivity contribution is 5.74. The SMILES string of the molecule is CC[C@@H]1CN(C(=O)NCCCn2ccnc2)CCO1. The van der Waals surface area contributed by atoms with Crippen LogP contribution >= 0.6 is 0 Å². The van der Waals surface area contributed by atoms with Gasteiger partial charge in [-0.05, 0) is 12.8 Å². The van der Waals surface area contributed by atoms with E-state index in [1.165, 1.54) is 0 Å². The Morgan fingerprint density at radius 1 is 1.58 bits per heavy atom. The third-order valence-corrected chi connectivity index (χ3v) is 3.31. The molecule has 0 saturated carbocycles. The first-order chi connectivity index (χ1) is 9.29. The van der Waals surface area contributed by atoms with Crippen LogP contribution in [-0.4, -0.2) is 52.8 Å². The molecule has 2 heterocycles. The summed E-state index contributed by atoms with van der Waals surface area (Å²) in [5.41, 5.74) is 0. The highest BCUT2D eigenvalue weighted by Crippen LogP contribution is 2.08. The van der Waals surface area contributed by atoms with Gasteiger partial charge < -0.3 is 19.5 Å². The average Bonchev–Trinajstić information content (AvgIpc) is 2.96. The fourth-order valence-corrected chi connectivity index (χ4v) is 2.14. The number of ether oxygens (including phenoxy) is 1. The second-order valence-electron chi connectivity index (χ2n) is 4.73. The Balaban J connectivity index is 1.63. The zero-order valence-corrected chi connectivity index (χ0v) is 11.4. The topological polar surface area (TPSA) is 59.4 Å². The molecule has 0 aliphatic carbocycles. The number of carbonyl (C=O) groups excluding carboxylic acids is 1. The first-order valence-electron chi connectivity index (χ1n) is 6.89. The molecule has 0 bridgehead atoms. The van der Waals surface area contributed by atoms with Crippen molar-refractivity contribution in [2.24, 2.45) is 0 Å². The number of hydrogen-bond acceptors (Lipinski definition) is 3. The van der Waals surface area contributed by atoms with Crippen LogP contribution in [0.15, 0.2) is 18.7 Å². The number of hydrogen-bond donors (Lipinski definition) is 1. The fourth-order valence-electron chi connectivity index (χ4n) is 2.14. The van der Waals surface area contributed by atoms with E-state index in [9.17, 15) is 4.79 Å². The number of nitrogens with zero attached hydrogens (tertiary/aromatic N) is 3. The molecule has 19 heavy (non-hydrogen) atoms. The molecule has 6 nitrogen and oxygen atoms in total. The van der Waals surface area contributed by atoms with Crippen LogP contribution in [0, 0.1) is 0 Å². The van der Waals surface area contributed by atoms with Gasteiger partial charge in [-0.2, -0.15) is 0 Å². The van der Waals surface area contributed by atoms with E-state index < -0.39 is 0 Å². The molecule has 1 aliphatic heterocycles. The fraction of sp³-hybridized carbons (Fsp3) is 0.692. The molecule has 2 rings (SSSR count). The second-order valence-corrected chi connectivity index (χ2v) is 4.73. The monoisotopic (exact) mass is 266 g/mol. The van der Waals surface area contributed by atoms with E-state index in [-0.39, 0.29) is 12.1 Å². The zero-order chi connectivity index (χ0) is 13.5. The molecular formula is C13H22N4O2. The lowest BCUT2D eigenvalue weighted by Gasteiger charge is -2.32. The molecule has 0 unspecified atom stereocenters. The van der Waals surface area contributed by atoms with Crippen molar-refractivity contribution in [1.82, 2.24) is 19.8 Å². The number of nitrogens with one attached hydrogen (secondary N) is 1. The van der Waals surface area contributed by atoms with Gasteiger partial charge in [0.1, 0.15) is 0 Å². The van der Waals surface area contributed by atoms with Gasteiger partial charge in [0.2, 0.25) is 0 Å². The molecule has 0 spiro atoms.